The van der Waals surface area contributed by atoms with Gasteiger partial charge in [0.25, 0.3) is 0 Å². The number of methoxy groups -OCH3 is 2. The number of hydrogen-bond acceptors (Lipinski definition) is 5. The van der Waals surface area contributed by atoms with E-state index in [2.05, 4.69) is 9.97 Å². The third kappa shape index (κ3) is 3.59. The lowest BCUT2D eigenvalue weighted by molar-refractivity contribution is -0.143. The number of rotatable bonds is 4. The van der Waals surface area contributed by atoms with Crippen molar-refractivity contribution in [1.82, 2.24) is 9.97 Å². The predicted molar refractivity (Wildman–Crippen MR) is 97.9 cm³/mol. The van der Waals surface area contributed by atoms with Gasteiger partial charge in [-0.25, -0.2) is 4.98 Å². The highest BCUT2D eigenvalue weighted by atomic mass is 16.5. The van der Waals surface area contributed by atoms with Crippen molar-refractivity contribution in [2.45, 2.75) is 12.8 Å². The summed E-state index contributed by atoms with van der Waals surface area (Å²) in [5, 5.41) is 1.40. The van der Waals surface area contributed by atoms with Gasteiger partial charge in [-0.3, -0.25) is 9.59 Å². The first kappa shape index (κ1) is 17.7. The summed E-state index contributed by atoms with van der Waals surface area (Å²) in [6.07, 6.45) is 14.8. The monoisotopic (exact) mass is 352 g/mol. The lowest BCUT2D eigenvalue weighted by Gasteiger charge is -2.09. The summed E-state index contributed by atoms with van der Waals surface area (Å²) in [7, 11) is 2.97. The van der Waals surface area contributed by atoms with E-state index >= 15 is 0 Å². The Kier molecular flexibility index (Phi) is 5.31. The number of aromatic amines is 1. The smallest absolute Gasteiger partial charge is 0.312 e. The number of aromatic nitrogens is 2. The predicted octanol–water partition coefficient (Wildman–Crippen LogP) is 1.16. The van der Waals surface area contributed by atoms with E-state index in [0.717, 1.165) is 17.2 Å². The molecule has 0 aliphatic heterocycles. The first-order chi connectivity index (χ1) is 12.7. The Bertz CT molecular complexity index is 960. The van der Waals surface area contributed by atoms with Crippen LogP contribution in [0.3, 0.4) is 0 Å². The van der Waals surface area contributed by atoms with Gasteiger partial charge in [-0.15, -0.1) is 0 Å². The van der Waals surface area contributed by atoms with E-state index in [1.54, 1.807) is 7.11 Å². The van der Waals surface area contributed by atoms with Crippen molar-refractivity contribution in [1.29, 1.82) is 0 Å². The van der Waals surface area contributed by atoms with Gasteiger partial charge in [-0.2, -0.15) is 0 Å². The van der Waals surface area contributed by atoms with Crippen molar-refractivity contribution in [3.05, 3.63) is 58.7 Å². The molecule has 1 N–H and O–H groups in total. The Morgan fingerprint density at radius 1 is 1.31 bits per heavy atom. The molecule has 1 heterocycles. The van der Waals surface area contributed by atoms with Gasteiger partial charge in [0.2, 0.25) is 0 Å². The number of allylic oxidation sites excluding steroid dienone is 7. The molecule has 6 nitrogen and oxygen atoms in total. The Morgan fingerprint density at radius 2 is 2.15 bits per heavy atom. The molecule has 3 rings (SSSR count). The molecule has 0 radical (unpaired) electrons. The summed E-state index contributed by atoms with van der Waals surface area (Å²) < 4.78 is 10.0. The van der Waals surface area contributed by atoms with E-state index in [0.29, 0.717) is 35.3 Å². The van der Waals surface area contributed by atoms with Crippen LogP contribution < -0.4 is 10.7 Å². The number of fused-ring (bicyclic) bond motifs is 1. The fraction of sp³-hybridized carbons (Fsp3) is 0.250. The largest absolute Gasteiger partial charge is 0.501 e. The molecular weight excluding hydrogens is 332 g/mol. The molecule has 134 valence electrons. The summed E-state index contributed by atoms with van der Waals surface area (Å²) >= 11 is 0. The number of hydrogen-bond donors (Lipinski definition) is 1. The highest BCUT2D eigenvalue weighted by Gasteiger charge is 2.16. The second-order valence-electron chi connectivity index (χ2n) is 5.95. The summed E-state index contributed by atoms with van der Waals surface area (Å²) in [6, 6.07) is 0. The van der Waals surface area contributed by atoms with Gasteiger partial charge >= 0.3 is 5.97 Å². The maximum Gasteiger partial charge on any atom is 0.312 e. The number of H-pyrrole nitrogens is 1. The molecule has 0 saturated heterocycles. The third-order valence-electron chi connectivity index (χ3n) is 4.32. The number of aldehydes is 1. The number of ether oxygens (including phenoxy) is 2. The van der Waals surface area contributed by atoms with Crippen molar-refractivity contribution in [3.8, 4) is 0 Å². The topological polar surface area (TPSA) is 81.3 Å². The molecule has 1 unspecified atom stereocenters. The fourth-order valence-electron chi connectivity index (χ4n) is 2.89. The minimum absolute atomic E-state index is 0.256. The Balaban J connectivity index is 2.00. The lowest BCUT2D eigenvalue weighted by atomic mass is 10.0. The Morgan fingerprint density at radius 3 is 2.88 bits per heavy atom. The highest BCUT2D eigenvalue weighted by Crippen LogP contribution is 2.18. The van der Waals surface area contributed by atoms with Crippen molar-refractivity contribution < 1.29 is 19.1 Å². The van der Waals surface area contributed by atoms with Crippen LogP contribution in [0.25, 0.3) is 17.2 Å². The zero-order chi connectivity index (χ0) is 18.5. The summed E-state index contributed by atoms with van der Waals surface area (Å²) in [4.78, 5) is 31.0. The number of carbonyl (C=O) groups excluding carboxylic acids is 2. The molecule has 2 aliphatic rings. The Hall–Kier alpha value is -3.15. The molecule has 0 amide bonds. The zero-order valence-electron chi connectivity index (χ0n) is 14.7. The molecule has 6 heteroatoms. The van der Waals surface area contributed by atoms with E-state index in [-0.39, 0.29) is 11.9 Å². The molecule has 26 heavy (non-hydrogen) atoms. The van der Waals surface area contributed by atoms with Crippen LogP contribution in [0.2, 0.25) is 0 Å². The quantitative estimate of drug-likeness (QED) is 0.650. The average molecular weight is 352 g/mol. The van der Waals surface area contributed by atoms with E-state index in [4.69, 9.17) is 9.47 Å². The van der Waals surface area contributed by atoms with Gasteiger partial charge in [-0.05, 0) is 18.6 Å². The van der Waals surface area contributed by atoms with E-state index in [9.17, 15) is 9.59 Å². The van der Waals surface area contributed by atoms with Crippen LogP contribution in [0.5, 0.6) is 0 Å². The van der Waals surface area contributed by atoms with Gasteiger partial charge in [0.1, 0.15) is 17.9 Å². The number of nitrogens with one attached hydrogen (secondary N) is 1. The molecule has 0 spiro atoms. The first-order valence-electron chi connectivity index (χ1n) is 8.28. The standard InChI is InChI=1S/C20H20N2O4/c1-25-16-9-10-17-18(15(11-16)12-23)22-19(21-17)13-5-3-7-14(8-4-6-13)20(24)26-2/h3-7,9-10,12,14H,8,11H2,1-2H3,(H,21,22)/b6-4-,7-3-,13-5+. The molecule has 0 fully saturated rings. The van der Waals surface area contributed by atoms with Crippen LogP contribution in [-0.4, -0.2) is 36.4 Å². The molecule has 0 bridgehead atoms. The minimum Gasteiger partial charge on any atom is -0.501 e. The third-order valence-corrected chi connectivity index (χ3v) is 4.32. The SMILES string of the molecule is COC(=O)C1\C=C/C=C(c2nc3c([nH]2)=CC=C(OC)CC=3C=O)\C=C/C1. The highest BCUT2D eigenvalue weighted by molar-refractivity contribution is 5.99. The maximum atomic E-state index is 11.7. The van der Waals surface area contributed by atoms with Crippen molar-refractivity contribution in [3.63, 3.8) is 0 Å². The van der Waals surface area contributed by atoms with Crippen molar-refractivity contribution in [2.24, 2.45) is 5.92 Å². The number of nitrogens with zero attached hydrogens (tertiary/aromatic N) is 1. The second kappa shape index (κ2) is 7.82. The molecule has 1 aromatic heterocycles. The van der Waals surface area contributed by atoms with Crippen LogP contribution in [-0.2, 0) is 19.1 Å². The summed E-state index contributed by atoms with van der Waals surface area (Å²) in [5.41, 5.74) is 1.44. The molecule has 0 saturated carbocycles. The van der Waals surface area contributed by atoms with Gasteiger partial charge in [0.05, 0.1) is 30.8 Å². The molecule has 1 aromatic rings. The van der Waals surface area contributed by atoms with Gasteiger partial charge in [-0.1, -0.05) is 30.4 Å². The second-order valence-corrected chi connectivity index (χ2v) is 5.95. The van der Waals surface area contributed by atoms with Crippen molar-refractivity contribution in [2.75, 3.05) is 14.2 Å². The van der Waals surface area contributed by atoms with Crippen LogP contribution in [0.15, 0.2) is 42.2 Å². The van der Waals surface area contributed by atoms with E-state index in [1.165, 1.54) is 7.11 Å². The van der Waals surface area contributed by atoms with Gasteiger partial charge < -0.3 is 14.5 Å². The minimum atomic E-state index is -0.289. The average Bonchev–Trinajstić information content (AvgIpc) is 2.97. The number of esters is 1. The molecule has 1 atom stereocenters. The van der Waals surface area contributed by atoms with Crippen molar-refractivity contribution >= 4 is 29.5 Å². The van der Waals surface area contributed by atoms with Crippen LogP contribution in [0, 0.1) is 5.92 Å². The fourth-order valence-corrected chi connectivity index (χ4v) is 2.89. The summed E-state index contributed by atoms with van der Waals surface area (Å²) in [6.45, 7) is 0. The summed E-state index contributed by atoms with van der Waals surface area (Å²) in [5.74, 6) is 0.829. The molecule has 2 aliphatic carbocycles. The normalized spacial score (nSPS) is 23.6. The molecule has 0 aromatic carbocycles. The number of imidazole rings is 1. The van der Waals surface area contributed by atoms with E-state index in [1.807, 2.05) is 42.5 Å². The Labute approximate surface area is 150 Å². The van der Waals surface area contributed by atoms with E-state index < -0.39 is 0 Å². The van der Waals surface area contributed by atoms with Crippen LogP contribution >= 0.6 is 0 Å². The molecular formula is C20H20N2O4. The first-order valence-corrected chi connectivity index (χ1v) is 8.28. The number of carbonyl (C=O) groups is 2. The van der Waals surface area contributed by atoms with Crippen LogP contribution in [0.4, 0.5) is 0 Å². The van der Waals surface area contributed by atoms with Crippen LogP contribution in [0.1, 0.15) is 18.7 Å². The van der Waals surface area contributed by atoms with Gasteiger partial charge in [0.15, 0.2) is 0 Å². The lowest BCUT2D eigenvalue weighted by Crippen LogP contribution is -2.26. The zero-order valence-corrected chi connectivity index (χ0v) is 14.7. The maximum absolute atomic E-state index is 11.7. The van der Waals surface area contributed by atoms with Gasteiger partial charge in [0, 0.05) is 17.6 Å².